The van der Waals surface area contributed by atoms with Crippen LogP contribution in [0.3, 0.4) is 0 Å². The summed E-state index contributed by atoms with van der Waals surface area (Å²) >= 11 is 6.05. The van der Waals surface area contributed by atoms with Crippen LogP contribution in [0.4, 0.5) is 0 Å². The molecule has 2 rings (SSSR count). The maximum absolute atomic E-state index is 6.05. The fourth-order valence-corrected chi connectivity index (χ4v) is 1.55. The lowest BCUT2D eigenvalue weighted by Gasteiger charge is -2.02. The Morgan fingerprint density at radius 1 is 1.54 bits per heavy atom. The van der Waals surface area contributed by atoms with Crippen LogP contribution in [0.1, 0.15) is 5.56 Å². The molecule has 0 aliphatic rings. The number of nitrogens with one attached hydrogen (secondary N) is 2. The number of hydrogen-bond donors (Lipinski definition) is 2. The van der Waals surface area contributed by atoms with Gasteiger partial charge in [-0.3, -0.25) is 0 Å². The molecule has 0 unspecified atom stereocenters. The standard InChI is InChI=1S/C9H10ClN3/c1-11-4-6-2-8-9(3-7(6)10)13-5-12-8/h2-3,5,11H,4H2,1H3,(H,12,13). The topological polar surface area (TPSA) is 40.7 Å². The number of fused-ring (bicyclic) bond motifs is 1. The molecular weight excluding hydrogens is 186 g/mol. The SMILES string of the molecule is CNCc1cc2[nH]cnc2cc1Cl. The van der Waals surface area contributed by atoms with Gasteiger partial charge in [0.25, 0.3) is 0 Å². The van der Waals surface area contributed by atoms with Crippen LogP contribution >= 0.6 is 11.6 Å². The minimum Gasteiger partial charge on any atom is -0.345 e. The van der Waals surface area contributed by atoms with Crippen LogP contribution < -0.4 is 5.32 Å². The van der Waals surface area contributed by atoms with Gasteiger partial charge in [0.05, 0.1) is 17.4 Å². The summed E-state index contributed by atoms with van der Waals surface area (Å²) in [4.78, 5) is 7.17. The summed E-state index contributed by atoms with van der Waals surface area (Å²) in [5.41, 5.74) is 3.01. The van der Waals surface area contributed by atoms with Gasteiger partial charge >= 0.3 is 0 Å². The summed E-state index contributed by atoms with van der Waals surface area (Å²) in [6, 6.07) is 3.89. The highest BCUT2D eigenvalue weighted by molar-refractivity contribution is 6.32. The fourth-order valence-electron chi connectivity index (χ4n) is 1.33. The van der Waals surface area contributed by atoms with Crippen molar-refractivity contribution in [1.29, 1.82) is 0 Å². The van der Waals surface area contributed by atoms with E-state index in [1.165, 1.54) is 0 Å². The summed E-state index contributed by atoms with van der Waals surface area (Å²) in [5, 5.41) is 3.82. The molecule has 68 valence electrons. The van der Waals surface area contributed by atoms with E-state index >= 15 is 0 Å². The predicted molar refractivity (Wildman–Crippen MR) is 53.9 cm³/mol. The van der Waals surface area contributed by atoms with Crippen LogP contribution in [-0.4, -0.2) is 17.0 Å². The first-order valence-electron chi connectivity index (χ1n) is 4.07. The van der Waals surface area contributed by atoms with Crippen molar-refractivity contribution in [2.24, 2.45) is 0 Å². The summed E-state index contributed by atoms with van der Waals surface area (Å²) in [7, 11) is 1.90. The van der Waals surface area contributed by atoms with Crippen molar-refractivity contribution in [3.63, 3.8) is 0 Å². The van der Waals surface area contributed by atoms with Crippen LogP contribution in [0.5, 0.6) is 0 Å². The number of aromatic nitrogens is 2. The van der Waals surface area contributed by atoms with E-state index in [4.69, 9.17) is 11.6 Å². The Balaban J connectivity index is 2.56. The highest BCUT2D eigenvalue weighted by atomic mass is 35.5. The van der Waals surface area contributed by atoms with E-state index in [1.807, 2.05) is 19.2 Å². The zero-order valence-electron chi connectivity index (χ0n) is 7.26. The minimum absolute atomic E-state index is 0.758. The maximum Gasteiger partial charge on any atom is 0.0931 e. The van der Waals surface area contributed by atoms with Gasteiger partial charge in [0.1, 0.15) is 0 Å². The van der Waals surface area contributed by atoms with Gasteiger partial charge in [-0.1, -0.05) is 11.6 Å². The third kappa shape index (κ3) is 1.53. The van der Waals surface area contributed by atoms with Crippen molar-refractivity contribution in [3.05, 3.63) is 29.0 Å². The largest absolute Gasteiger partial charge is 0.345 e. The number of nitrogens with zero attached hydrogens (tertiary/aromatic N) is 1. The number of H-pyrrole nitrogens is 1. The molecule has 4 heteroatoms. The van der Waals surface area contributed by atoms with Crippen molar-refractivity contribution < 1.29 is 0 Å². The first-order chi connectivity index (χ1) is 6.31. The first-order valence-corrected chi connectivity index (χ1v) is 4.45. The van der Waals surface area contributed by atoms with Crippen molar-refractivity contribution in [1.82, 2.24) is 15.3 Å². The quantitative estimate of drug-likeness (QED) is 0.769. The molecule has 1 aromatic carbocycles. The third-order valence-corrected chi connectivity index (χ3v) is 2.31. The predicted octanol–water partition coefficient (Wildman–Crippen LogP) is 1.94. The van der Waals surface area contributed by atoms with Crippen molar-refractivity contribution in [2.75, 3.05) is 7.05 Å². The van der Waals surface area contributed by atoms with Crippen molar-refractivity contribution in [3.8, 4) is 0 Å². The number of halogens is 1. The number of imidazole rings is 1. The average Bonchev–Trinajstić information content (AvgIpc) is 2.52. The molecule has 3 nitrogen and oxygen atoms in total. The minimum atomic E-state index is 0.758. The molecule has 0 spiro atoms. The molecule has 0 atom stereocenters. The Morgan fingerprint density at radius 3 is 3.15 bits per heavy atom. The lowest BCUT2D eigenvalue weighted by molar-refractivity contribution is 0.819. The number of benzene rings is 1. The second kappa shape index (κ2) is 3.36. The van der Waals surface area contributed by atoms with Crippen molar-refractivity contribution in [2.45, 2.75) is 6.54 Å². The van der Waals surface area contributed by atoms with Crippen LogP contribution in [0.2, 0.25) is 5.02 Å². The van der Waals surface area contributed by atoms with E-state index in [0.29, 0.717) is 0 Å². The zero-order valence-corrected chi connectivity index (χ0v) is 8.02. The lowest BCUT2D eigenvalue weighted by Crippen LogP contribution is -2.05. The van der Waals surface area contributed by atoms with Crippen LogP contribution in [0.15, 0.2) is 18.5 Å². The molecule has 0 fully saturated rings. The van der Waals surface area contributed by atoms with Crippen LogP contribution in [-0.2, 0) is 6.54 Å². The molecule has 1 heterocycles. The van der Waals surface area contributed by atoms with E-state index in [-0.39, 0.29) is 0 Å². The monoisotopic (exact) mass is 195 g/mol. The average molecular weight is 196 g/mol. The Hall–Kier alpha value is -1.06. The molecule has 2 N–H and O–H groups in total. The smallest absolute Gasteiger partial charge is 0.0931 e. The summed E-state index contributed by atoms with van der Waals surface area (Å²) in [5.74, 6) is 0. The first kappa shape index (κ1) is 8.53. The highest BCUT2D eigenvalue weighted by Gasteiger charge is 2.03. The van der Waals surface area contributed by atoms with Crippen LogP contribution in [0.25, 0.3) is 11.0 Å². The van der Waals surface area contributed by atoms with Gasteiger partial charge in [0.15, 0.2) is 0 Å². The molecule has 0 saturated heterocycles. The zero-order chi connectivity index (χ0) is 9.26. The van der Waals surface area contributed by atoms with Gasteiger partial charge in [-0.25, -0.2) is 4.98 Å². The fraction of sp³-hybridized carbons (Fsp3) is 0.222. The molecule has 0 bridgehead atoms. The van der Waals surface area contributed by atoms with Gasteiger partial charge < -0.3 is 10.3 Å². The molecular formula is C9H10ClN3. The normalized spacial score (nSPS) is 10.9. The molecule has 1 aromatic heterocycles. The van der Waals surface area contributed by atoms with E-state index in [0.717, 1.165) is 28.2 Å². The number of aromatic amines is 1. The van der Waals surface area contributed by atoms with Gasteiger partial charge in [-0.05, 0) is 24.7 Å². The van der Waals surface area contributed by atoms with Crippen LogP contribution in [0, 0.1) is 0 Å². The van der Waals surface area contributed by atoms with Crippen molar-refractivity contribution >= 4 is 22.6 Å². The van der Waals surface area contributed by atoms with E-state index in [9.17, 15) is 0 Å². The Morgan fingerprint density at radius 2 is 2.38 bits per heavy atom. The molecule has 0 radical (unpaired) electrons. The molecule has 0 aliphatic heterocycles. The molecule has 0 amide bonds. The molecule has 2 aromatic rings. The summed E-state index contributed by atoms with van der Waals surface area (Å²) < 4.78 is 0. The Kier molecular flexibility index (Phi) is 2.20. The van der Waals surface area contributed by atoms with Gasteiger partial charge in [-0.2, -0.15) is 0 Å². The maximum atomic E-state index is 6.05. The summed E-state index contributed by atoms with van der Waals surface area (Å²) in [6.07, 6.45) is 1.67. The van der Waals surface area contributed by atoms with Gasteiger partial charge in [0, 0.05) is 11.6 Å². The van der Waals surface area contributed by atoms with E-state index in [2.05, 4.69) is 15.3 Å². The number of hydrogen-bond acceptors (Lipinski definition) is 2. The van der Waals surface area contributed by atoms with Gasteiger partial charge in [0.2, 0.25) is 0 Å². The lowest BCUT2D eigenvalue weighted by atomic mass is 10.2. The summed E-state index contributed by atoms with van der Waals surface area (Å²) in [6.45, 7) is 0.772. The Bertz CT molecular complexity index is 422. The van der Waals surface area contributed by atoms with Gasteiger partial charge in [-0.15, -0.1) is 0 Å². The Labute approximate surface area is 81.1 Å². The second-order valence-corrected chi connectivity index (χ2v) is 3.30. The van der Waals surface area contributed by atoms with E-state index < -0.39 is 0 Å². The number of rotatable bonds is 2. The highest BCUT2D eigenvalue weighted by Crippen LogP contribution is 2.21. The second-order valence-electron chi connectivity index (χ2n) is 2.89. The molecule has 0 saturated carbocycles. The molecule has 13 heavy (non-hydrogen) atoms. The molecule has 0 aliphatic carbocycles. The van der Waals surface area contributed by atoms with E-state index in [1.54, 1.807) is 6.33 Å². The third-order valence-electron chi connectivity index (χ3n) is 1.96.